The van der Waals surface area contributed by atoms with Crippen molar-refractivity contribution in [2.75, 3.05) is 58.3 Å². The quantitative estimate of drug-likeness (QED) is 0.856. The van der Waals surface area contributed by atoms with E-state index in [2.05, 4.69) is 54.7 Å². The van der Waals surface area contributed by atoms with Crippen LogP contribution in [0.4, 0.5) is 5.82 Å². The Morgan fingerprint density at radius 2 is 2.05 bits per heavy atom. The summed E-state index contributed by atoms with van der Waals surface area (Å²) in [6, 6.07) is 0. The molecule has 7 heteroatoms. The van der Waals surface area contributed by atoms with Crippen LogP contribution < -0.4 is 10.5 Å². The highest BCUT2D eigenvalue weighted by Gasteiger charge is 2.20. The van der Waals surface area contributed by atoms with Crippen molar-refractivity contribution in [3.63, 3.8) is 0 Å². The van der Waals surface area contributed by atoms with E-state index in [0.29, 0.717) is 4.47 Å². The maximum absolute atomic E-state index is 11.5. The van der Waals surface area contributed by atoms with Gasteiger partial charge in [-0.15, -0.1) is 0 Å². The molecule has 0 radical (unpaired) electrons. The summed E-state index contributed by atoms with van der Waals surface area (Å²) in [5.41, 5.74) is -0.125. The number of piperazine rings is 1. The summed E-state index contributed by atoms with van der Waals surface area (Å²) < 4.78 is 0.525. The third kappa shape index (κ3) is 3.77. The maximum atomic E-state index is 11.5. The van der Waals surface area contributed by atoms with Crippen LogP contribution in [0.15, 0.2) is 15.6 Å². The lowest BCUT2D eigenvalue weighted by Gasteiger charge is -2.36. The molecule has 19 heavy (non-hydrogen) atoms. The Morgan fingerprint density at radius 1 is 1.37 bits per heavy atom. The molecule has 0 amide bonds. The van der Waals surface area contributed by atoms with Crippen LogP contribution in [0.5, 0.6) is 0 Å². The number of aromatic amines is 1. The summed E-state index contributed by atoms with van der Waals surface area (Å²) in [5.74, 6) is 0.746. The smallest absolute Gasteiger partial charge is 0.267 e. The van der Waals surface area contributed by atoms with Gasteiger partial charge in [0.1, 0.15) is 10.3 Å². The molecule has 1 aromatic heterocycles. The van der Waals surface area contributed by atoms with Gasteiger partial charge < -0.3 is 14.8 Å². The predicted octanol–water partition coefficient (Wildman–Crippen LogP) is 0.216. The standard InChI is InChI=1S/C12H20BrN5O/c1-16(2)3-4-17-5-7-18(8-6-17)11-10(13)12(19)15-9-14-11/h9H,3-8H2,1-2H3,(H,14,15,19). The number of nitrogens with one attached hydrogen (secondary N) is 1. The second kappa shape index (κ2) is 6.49. The van der Waals surface area contributed by atoms with E-state index in [0.717, 1.165) is 45.1 Å². The Hall–Kier alpha value is -0.920. The molecule has 1 saturated heterocycles. The van der Waals surface area contributed by atoms with Gasteiger partial charge in [0, 0.05) is 39.3 Å². The number of nitrogens with zero attached hydrogens (tertiary/aromatic N) is 4. The summed E-state index contributed by atoms with van der Waals surface area (Å²) >= 11 is 3.31. The SMILES string of the molecule is CN(C)CCN1CCN(c2nc[nH]c(=O)c2Br)CC1. The molecule has 0 aliphatic carbocycles. The van der Waals surface area contributed by atoms with Crippen LogP contribution in [-0.2, 0) is 0 Å². The zero-order valence-electron chi connectivity index (χ0n) is 11.4. The van der Waals surface area contributed by atoms with Crippen molar-refractivity contribution >= 4 is 21.7 Å². The molecule has 106 valence electrons. The van der Waals surface area contributed by atoms with Crippen LogP contribution in [0.25, 0.3) is 0 Å². The largest absolute Gasteiger partial charge is 0.353 e. The number of halogens is 1. The van der Waals surface area contributed by atoms with Gasteiger partial charge in [0.15, 0.2) is 0 Å². The number of anilines is 1. The minimum absolute atomic E-state index is 0.125. The van der Waals surface area contributed by atoms with Crippen LogP contribution in [-0.4, -0.2) is 73.1 Å². The summed E-state index contributed by atoms with van der Waals surface area (Å²) in [7, 11) is 4.18. The number of rotatable bonds is 4. The molecule has 0 bridgehead atoms. The first kappa shape index (κ1) is 14.5. The molecular formula is C12H20BrN5O. The molecule has 2 rings (SSSR count). The highest BCUT2D eigenvalue weighted by Crippen LogP contribution is 2.20. The van der Waals surface area contributed by atoms with Gasteiger partial charge in [0.2, 0.25) is 0 Å². The first-order chi connectivity index (χ1) is 9.08. The summed E-state index contributed by atoms with van der Waals surface area (Å²) in [5, 5.41) is 0. The minimum atomic E-state index is -0.125. The van der Waals surface area contributed by atoms with E-state index in [1.807, 2.05) is 0 Å². The lowest BCUT2D eigenvalue weighted by atomic mass is 10.3. The fourth-order valence-electron chi connectivity index (χ4n) is 2.12. The van der Waals surface area contributed by atoms with Gasteiger partial charge in [-0.2, -0.15) is 0 Å². The second-order valence-electron chi connectivity index (χ2n) is 5.00. The molecule has 2 heterocycles. The zero-order chi connectivity index (χ0) is 13.8. The van der Waals surface area contributed by atoms with Crippen LogP contribution in [0.3, 0.4) is 0 Å². The van der Waals surface area contributed by atoms with Gasteiger partial charge in [-0.1, -0.05) is 0 Å². The van der Waals surface area contributed by atoms with Gasteiger partial charge in [0.05, 0.1) is 6.33 Å². The summed E-state index contributed by atoms with van der Waals surface area (Å²) in [4.78, 5) is 25.2. The van der Waals surface area contributed by atoms with E-state index in [4.69, 9.17) is 0 Å². The lowest BCUT2D eigenvalue weighted by Crippen LogP contribution is -2.48. The molecule has 0 unspecified atom stereocenters. The summed E-state index contributed by atoms with van der Waals surface area (Å²) in [6.07, 6.45) is 1.46. The van der Waals surface area contributed by atoms with Crippen molar-refractivity contribution in [1.29, 1.82) is 0 Å². The first-order valence-corrected chi connectivity index (χ1v) is 7.22. The van der Waals surface area contributed by atoms with Crippen molar-refractivity contribution in [3.05, 3.63) is 21.2 Å². The third-order valence-electron chi connectivity index (χ3n) is 3.31. The van der Waals surface area contributed by atoms with Gasteiger partial charge in [-0.25, -0.2) is 4.98 Å². The molecule has 1 N–H and O–H groups in total. The number of likely N-dealkylation sites (N-methyl/N-ethyl adjacent to an activating group) is 1. The van der Waals surface area contributed by atoms with E-state index in [-0.39, 0.29) is 5.56 Å². The zero-order valence-corrected chi connectivity index (χ0v) is 13.0. The fourth-order valence-corrected chi connectivity index (χ4v) is 2.59. The molecular weight excluding hydrogens is 310 g/mol. The lowest BCUT2D eigenvalue weighted by molar-refractivity contribution is 0.229. The molecule has 1 fully saturated rings. The molecule has 1 aliphatic rings. The van der Waals surface area contributed by atoms with Crippen LogP contribution in [0.1, 0.15) is 0 Å². The van der Waals surface area contributed by atoms with E-state index >= 15 is 0 Å². The number of hydrogen-bond acceptors (Lipinski definition) is 5. The first-order valence-electron chi connectivity index (χ1n) is 6.43. The van der Waals surface area contributed by atoms with Crippen molar-refractivity contribution in [2.24, 2.45) is 0 Å². The topological polar surface area (TPSA) is 55.5 Å². The molecule has 1 aromatic rings. The predicted molar refractivity (Wildman–Crippen MR) is 79.8 cm³/mol. The average Bonchev–Trinajstić information content (AvgIpc) is 2.40. The number of hydrogen-bond donors (Lipinski definition) is 1. The molecule has 0 atom stereocenters. The van der Waals surface area contributed by atoms with Gasteiger partial charge >= 0.3 is 0 Å². The summed E-state index contributed by atoms with van der Waals surface area (Å²) in [6.45, 7) is 5.99. The van der Waals surface area contributed by atoms with Crippen LogP contribution in [0, 0.1) is 0 Å². The Bertz CT molecular complexity index is 467. The van der Waals surface area contributed by atoms with E-state index in [9.17, 15) is 4.79 Å². The van der Waals surface area contributed by atoms with Crippen molar-refractivity contribution in [1.82, 2.24) is 19.8 Å². The van der Waals surface area contributed by atoms with Crippen molar-refractivity contribution in [2.45, 2.75) is 0 Å². The van der Waals surface area contributed by atoms with Crippen LogP contribution >= 0.6 is 15.9 Å². The molecule has 6 nitrogen and oxygen atoms in total. The van der Waals surface area contributed by atoms with Gasteiger partial charge in [-0.3, -0.25) is 9.69 Å². The van der Waals surface area contributed by atoms with Gasteiger partial charge in [-0.05, 0) is 30.0 Å². The van der Waals surface area contributed by atoms with Crippen LogP contribution in [0.2, 0.25) is 0 Å². The van der Waals surface area contributed by atoms with E-state index < -0.39 is 0 Å². The number of aromatic nitrogens is 2. The minimum Gasteiger partial charge on any atom is -0.353 e. The highest BCUT2D eigenvalue weighted by molar-refractivity contribution is 9.10. The maximum Gasteiger partial charge on any atom is 0.267 e. The molecule has 0 spiro atoms. The Morgan fingerprint density at radius 3 is 2.68 bits per heavy atom. The van der Waals surface area contributed by atoms with E-state index in [1.165, 1.54) is 6.33 Å². The Labute approximate surface area is 121 Å². The monoisotopic (exact) mass is 329 g/mol. The second-order valence-corrected chi connectivity index (χ2v) is 5.79. The van der Waals surface area contributed by atoms with Crippen molar-refractivity contribution < 1.29 is 0 Å². The van der Waals surface area contributed by atoms with E-state index in [1.54, 1.807) is 0 Å². The van der Waals surface area contributed by atoms with Crippen molar-refractivity contribution in [3.8, 4) is 0 Å². The molecule has 1 aliphatic heterocycles. The Balaban J connectivity index is 1.93. The Kier molecular flexibility index (Phi) is 4.95. The highest BCUT2D eigenvalue weighted by atomic mass is 79.9. The third-order valence-corrected chi connectivity index (χ3v) is 4.03. The fraction of sp³-hybridized carbons (Fsp3) is 0.667. The van der Waals surface area contributed by atoms with Gasteiger partial charge in [0.25, 0.3) is 5.56 Å². The number of H-pyrrole nitrogens is 1. The normalized spacial score (nSPS) is 17.2. The molecule has 0 aromatic carbocycles. The molecule has 0 saturated carbocycles. The average molecular weight is 330 g/mol.